The van der Waals surface area contributed by atoms with Crippen molar-refractivity contribution in [2.75, 3.05) is 26.1 Å². The van der Waals surface area contributed by atoms with Crippen molar-refractivity contribution in [2.24, 2.45) is 5.84 Å². The molecule has 20 heavy (non-hydrogen) atoms. The number of nitrogen functional groups attached to an aromatic ring is 1. The second kappa shape index (κ2) is 7.81. The molecule has 0 saturated heterocycles. The standard InChI is InChI=1S/C14H25N5O/c1-5-12-8-11(9-13(17-12)18-15)14(20)16-10(2)6-7-19(3)4/h8-10H,5-7,15H2,1-4H3,(H,16,20)(H,17,18). The lowest BCUT2D eigenvalue weighted by Gasteiger charge is -2.17. The van der Waals surface area contributed by atoms with Gasteiger partial charge in [0, 0.05) is 17.3 Å². The molecule has 1 rings (SSSR count). The van der Waals surface area contributed by atoms with E-state index in [9.17, 15) is 4.79 Å². The van der Waals surface area contributed by atoms with Crippen LogP contribution in [0.3, 0.4) is 0 Å². The van der Waals surface area contributed by atoms with E-state index in [0.29, 0.717) is 11.4 Å². The van der Waals surface area contributed by atoms with E-state index < -0.39 is 0 Å². The van der Waals surface area contributed by atoms with Crippen LogP contribution in [-0.4, -0.2) is 42.5 Å². The van der Waals surface area contributed by atoms with Gasteiger partial charge in [0.15, 0.2) is 0 Å². The Hall–Kier alpha value is -1.66. The summed E-state index contributed by atoms with van der Waals surface area (Å²) in [5, 5.41) is 2.99. The molecule has 1 heterocycles. The zero-order valence-electron chi connectivity index (χ0n) is 12.7. The summed E-state index contributed by atoms with van der Waals surface area (Å²) in [6.45, 7) is 4.93. The molecule has 1 aromatic rings. The normalized spacial score (nSPS) is 12.3. The van der Waals surface area contributed by atoms with Gasteiger partial charge in [-0.3, -0.25) is 4.79 Å². The van der Waals surface area contributed by atoms with E-state index in [4.69, 9.17) is 5.84 Å². The molecule has 0 saturated carbocycles. The molecular weight excluding hydrogens is 254 g/mol. The van der Waals surface area contributed by atoms with Gasteiger partial charge in [0.2, 0.25) is 0 Å². The molecule has 0 aliphatic rings. The van der Waals surface area contributed by atoms with Crippen LogP contribution >= 0.6 is 0 Å². The molecule has 0 bridgehead atoms. The van der Waals surface area contributed by atoms with Gasteiger partial charge in [-0.15, -0.1) is 0 Å². The number of pyridine rings is 1. The molecule has 0 aliphatic carbocycles. The van der Waals surface area contributed by atoms with Crippen molar-refractivity contribution in [1.29, 1.82) is 0 Å². The van der Waals surface area contributed by atoms with Crippen LogP contribution in [0, 0.1) is 0 Å². The fraction of sp³-hybridized carbons (Fsp3) is 0.571. The first-order valence-corrected chi connectivity index (χ1v) is 6.89. The number of amides is 1. The number of carbonyl (C=O) groups excluding carboxylic acids is 1. The fourth-order valence-electron chi connectivity index (χ4n) is 1.81. The largest absolute Gasteiger partial charge is 0.350 e. The fourth-order valence-corrected chi connectivity index (χ4v) is 1.81. The van der Waals surface area contributed by atoms with Crippen LogP contribution in [0.1, 0.15) is 36.3 Å². The second-order valence-corrected chi connectivity index (χ2v) is 5.20. The Morgan fingerprint density at radius 1 is 1.45 bits per heavy atom. The Kier molecular flexibility index (Phi) is 6.41. The minimum absolute atomic E-state index is 0.0927. The van der Waals surface area contributed by atoms with Gasteiger partial charge in [-0.1, -0.05) is 6.92 Å². The number of aryl methyl sites for hydroxylation is 1. The summed E-state index contributed by atoms with van der Waals surface area (Å²) in [7, 11) is 4.04. The Labute approximate surface area is 120 Å². The maximum absolute atomic E-state index is 12.2. The topological polar surface area (TPSA) is 83.3 Å². The number of hydrazine groups is 1. The molecule has 0 spiro atoms. The average Bonchev–Trinajstić information content (AvgIpc) is 2.44. The third-order valence-corrected chi connectivity index (χ3v) is 3.04. The third-order valence-electron chi connectivity index (χ3n) is 3.04. The summed E-state index contributed by atoms with van der Waals surface area (Å²) in [6, 6.07) is 3.58. The quantitative estimate of drug-likeness (QED) is 0.512. The van der Waals surface area contributed by atoms with Crippen molar-refractivity contribution < 1.29 is 4.79 Å². The summed E-state index contributed by atoms with van der Waals surface area (Å²) in [6.07, 6.45) is 1.67. The molecule has 0 aromatic carbocycles. The number of anilines is 1. The molecule has 1 amide bonds. The van der Waals surface area contributed by atoms with Gasteiger partial charge in [-0.25, -0.2) is 10.8 Å². The van der Waals surface area contributed by atoms with Gasteiger partial charge < -0.3 is 15.6 Å². The maximum atomic E-state index is 12.2. The SMILES string of the molecule is CCc1cc(C(=O)NC(C)CCN(C)C)cc(NN)n1. The van der Waals surface area contributed by atoms with Gasteiger partial charge in [0.05, 0.1) is 0 Å². The van der Waals surface area contributed by atoms with E-state index in [-0.39, 0.29) is 11.9 Å². The number of nitrogens with zero attached hydrogens (tertiary/aromatic N) is 2. The third kappa shape index (κ3) is 5.14. The molecule has 1 aromatic heterocycles. The van der Waals surface area contributed by atoms with E-state index >= 15 is 0 Å². The summed E-state index contributed by atoms with van der Waals surface area (Å²) in [4.78, 5) is 18.6. The first-order valence-electron chi connectivity index (χ1n) is 6.89. The number of aromatic nitrogens is 1. The molecule has 6 heteroatoms. The maximum Gasteiger partial charge on any atom is 0.251 e. The lowest BCUT2D eigenvalue weighted by Crippen LogP contribution is -2.35. The number of hydrogen-bond donors (Lipinski definition) is 3. The number of rotatable bonds is 7. The van der Waals surface area contributed by atoms with Crippen LogP contribution in [0.25, 0.3) is 0 Å². The number of nitrogens with one attached hydrogen (secondary N) is 2. The van der Waals surface area contributed by atoms with Crippen molar-refractivity contribution in [2.45, 2.75) is 32.7 Å². The first kappa shape index (κ1) is 16.4. The Morgan fingerprint density at radius 3 is 2.70 bits per heavy atom. The zero-order valence-corrected chi connectivity index (χ0v) is 12.7. The smallest absolute Gasteiger partial charge is 0.251 e. The van der Waals surface area contributed by atoms with Crippen LogP contribution in [0.5, 0.6) is 0 Å². The van der Waals surface area contributed by atoms with Crippen LogP contribution in [0.2, 0.25) is 0 Å². The highest BCUT2D eigenvalue weighted by atomic mass is 16.1. The van der Waals surface area contributed by atoms with Gasteiger partial charge in [0.25, 0.3) is 5.91 Å². The molecule has 4 N–H and O–H groups in total. The highest BCUT2D eigenvalue weighted by Crippen LogP contribution is 2.11. The molecule has 0 fully saturated rings. The van der Waals surface area contributed by atoms with Crippen LogP contribution in [-0.2, 0) is 6.42 Å². The van der Waals surface area contributed by atoms with Crippen LogP contribution < -0.4 is 16.6 Å². The van der Waals surface area contributed by atoms with E-state index in [1.54, 1.807) is 12.1 Å². The van der Waals surface area contributed by atoms with Gasteiger partial charge in [0.1, 0.15) is 5.82 Å². The number of nitrogens with two attached hydrogens (primary N) is 1. The van der Waals surface area contributed by atoms with Gasteiger partial charge >= 0.3 is 0 Å². The van der Waals surface area contributed by atoms with Crippen molar-refractivity contribution in [3.05, 3.63) is 23.4 Å². The summed E-state index contributed by atoms with van der Waals surface area (Å²) < 4.78 is 0. The van der Waals surface area contributed by atoms with Crippen LogP contribution in [0.4, 0.5) is 5.82 Å². The van der Waals surface area contributed by atoms with E-state index in [2.05, 4.69) is 20.6 Å². The monoisotopic (exact) mass is 279 g/mol. The molecule has 6 nitrogen and oxygen atoms in total. The Morgan fingerprint density at radius 2 is 2.15 bits per heavy atom. The van der Waals surface area contributed by atoms with Crippen molar-refractivity contribution in [3.63, 3.8) is 0 Å². The van der Waals surface area contributed by atoms with Crippen molar-refractivity contribution in [1.82, 2.24) is 15.2 Å². The highest BCUT2D eigenvalue weighted by Gasteiger charge is 2.12. The van der Waals surface area contributed by atoms with Gasteiger partial charge in [-0.05, 0) is 52.5 Å². The summed E-state index contributed by atoms with van der Waals surface area (Å²) in [5.41, 5.74) is 3.92. The zero-order chi connectivity index (χ0) is 15.1. The molecule has 0 radical (unpaired) electrons. The number of hydrogen-bond acceptors (Lipinski definition) is 5. The molecule has 112 valence electrons. The molecule has 1 unspecified atom stereocenters. The van der Waals surface area contributed by atoms with Gasteiger partial charge in [-0.2, -0.15) is 0 Å². The van der Waals surface area contributed by atoms with Crippen LogP contribution in [0.15, 0.2) is 12.1 Å². The second-order valence-electron chi connectivity index (χ2n) is 5.20. The summed E-state index contributed by atoms with van der Waals surface area (Å²) in [5.74, 6) is 5.79. The minimum Gasteiger partial charge on any atom is -0.350 e. The van der Waals surface area contributed by atoms with Crippen molar-refractivity contribution >= 4 is 11.7 Å². The lowest BCUT2D eigenvalue weighted by molar-refractivity contribution is 0.0936. The Balaban J connectivity index is 2.71. The van der Waals surface area contributed by atoms with Crippen molar-refractivity contribution in [3.8, 4) is 0 Å². The molecule has 0 aliphatic heterocycles. The molecular formula is C14H25N5O. The Bertz CT molecular complexity index is 425. The average molecular weight is 279 g/mol. The van der Waals surface area contributed by atoms with E-state index in [1.807, 2.05) is 27.9 Å². The van der Waals surface area contributed by atoms with E-state index in [0.717, 1.165) is 25.1 Å². The first-order chi connectivity index (χ1) is 9.46. The predicted octanol–water partition coefficient (Wildman–Crippen LogP) is 1.000. The lowest BCUT2D eigenvalue weighted by atomic mass is 10.1. The number of carbonyl (C=O) groups is 1. The highest BCUT2D eigenvalue weighted by molar-refractivity contribution is 5.95. The predicted molar refractivity (Wildman–Crippen MR) is 81.5 cm³/mol. The minimum atomic E-state index is -0.0927. The summed E-state index contributed by atoms with van der Waals surface area (Å²) >= 11 is 0. The molecule has 1 atom stereocenters. The van der Waals surface area contributed by atoms with E-state index in [1.165, 1.54) is 0 Å².